The summed E-state index contributed by atoms with van der Waals surface area (Å²) in [6.45, 7) is 4.72. The Balaban J connectivity index is 1.59. The molecule has 2 aliphatic heterocycles. The molecule has 3 unspecified atom stereocenters. The lowest BCUT2D eigenvalue weighted by molar-refractivity contribution is -0.138. The van der Waals surface area contributed by atoms with Crippen molar-refractivity contribution in [3.8, 4) is 0 Å². The van der Waals surface area contributed by atoms with Crippen LogP contribution >= 0.6 is 0 Å². The maximum Gasteiger partial charge on any atom is 0.243 e. The molecule has 5 nitrogen and oxygen atoms in total. The molecule has 2 amide bonds. The molecule has 3 atom stereocenters. The summed E-state index contributed by atoms with van der Waals surface area (Å²) in [6.07, 6.45) is 3.00. The van der Waals surface area contributed by atoms with Gasteiger partial charge in [0.15, 0.2) is 0 Å². The number of piperidine rings is 1. The quantitative estimate of drug-likeness (QED) is 0.876. The molecule has 2 N–H and O–H groups in total. The van der Waals surface area contributed by atoms with Gasteiger partial charge in [0, 0.05) is 12.6 Å². The van der Waals surface area contributed by atoms with E-state index in [0.29, 0.717) is 18.9 Å². The van der Waals surface area contributed by atoms with E-state index < -0.39 is 0 Å². The van der Waals surface area contributed by atoms with Crippen LogP contribution in [0.25, 0.3) is 0 Å². The van der Waals surface area contributed by atoms with Crippen LogP contribution in [0.1, 0.15) is 31.7 Å². The third-order valence-corrected chi connectivity index (χ3v) is 5.19. The Morgan fingerprint density at radius 3 is 2.79 bits per heavy atom. The van der Waals surface area contributed by atoms with Gasteiger partial charge in [-0.3, -0.25) is 9.59 Å². The van der Waals surface area contributed by atoms with E-state index in [-0.39, 0.29) is 23.9 Å². The number of rotatable bonds is 4. The van der Waals surface area contributed by atoms with E-state index >= 15 is 0 Å². The van der Waals surface area contributed by atoms with E-state index in [4.69, 9.17) is 0 Å². The van der Waals surface area contributed by atoms with E-state index in [9.17, 15) is 9.59 Å². The van der Waals surface area contributed by atoms with Crippen LogP contribution in [-0.2, 0) is 16.0 Å². The summed E-state index contributed by atoms with van der Waals surface area (Å²) in [5.41, 5.74) is 1.00. The van der Waals surface area contributed by atoms with Gasteiger partial charge in [-0.15, -0.1) is 0 Å². The van der Waals surface area contributed by atoms with Crippen LogP contribution < -0.4 is 10.6 Å². The number of amides is 2. The molecule has 2 aliphatic rings. The molecule has 0 radical (unpaired) electrons. The Bertz CT molecular complexity index is 575. The van der Waals surface area contributed by atoms with Gasteiger partial charge in [0.2, 0.25) is 11.8 Å². The lowest BCUT2D eigenvalue weighted by Crippen LogP contribution is -2.53. The van der Waals surface area contributed by atoms with Crippen LogP contribution in [0.5, 0.6) is 0 Å². The molecule has 5 heteroatoms. The van der Waals surface area contributed by atoms with Crippen LogP contribution in [0, 0.1) is 5.92 Å². The van der Waals surface area contributed by atoms with Gasteiger partial charge in [0.05, 0.1) is 6.42 Å². The Labute approximate surface area is 143 Å². The maximum absolute atomic E-state index is 12.7. The van der Waals surface area contributed by atoms with Crippen molar-refractivity contribution in [1.29, 1.82) is 0 Å². The minimum atomic E-state index is -0.303. The molecule has 2 heterocycles. The fraction of sp³-hybridized carbons (Fsp3) is 0.579. The SMILES string of the molecule is CC1CNCCC1NC(=O)C1CCCN1C(=O)Cc1ccccc1. The summed E-state index contributed by atoms with van der Waals surface area (Å²) in [5.74, 6) is 0.502. The number of carbonyl (C=O) groups excluding carboxylic acids is 2. The number of benzene rings is 1. The highest BCUT2D eigenvalue weighted by atomic mass is 16.2. The molecule has 0 aromatic heterocycles. The van der Waals surface area contributed by atoms with Gasteiger partial charge in [-0.05, 0) is 43.8 Å². The third kappa shape index (κ3) is 3.96. The van der Waals surface area contributed by atoms with E-state index in [1.54, 1.807) is 4.90 Å². The van der Waals surface area contributed by atoms with Gasteiger partial charge >= 0.3 is 0 Å². The topological polar surface area (TPSA) is 61.4 Å². The highest BCUT2D eigenvalue weighted by molar-refractivity contribution is 5.89. The minimum Gasteiger partial charge on any atom is -0.351 e. The van der Waals surface area contributed by atoms with Crippen molar-refractivity contribution in [2.45, 2.75) is 44.7 Å². The van der Waals surface area contributed by atoms with Crippen molar-refractivity contribution < 1.29 is 9.59 Å². The van der Waals surface area contributed by atoms with E-state index in [2.05, 4.69) is 17.6 Å². The summed E-state index contributed by atoms with van der Waals surface area (Å²) in [5, 5.41) is 6.53. The number of nitrogens with one attached hydrogen (secondary N) is 2. The zero-order chi connectivity index (χ0) is 16.9. The van der Waals surface area contributed by atoms with Gasteiger partial charge in [-0.2, -0.15) is 0 Å². The van der Waals surface area contributed by atoms with E-state index in [1.807, 2.05) is 30.3 Å². The minimum absolute atomic E-state index is 0.0210. The lowest BCUT2D eigenvalue weighted by Gasteiger charge is -2.32. The first-order valence-electron chi connectivity index (χ1n) is 8.99. The van der Waals surface area contributed by atoms with Crippen LogP contribution in [0.4, 0.5) is 0 Å². The average Bonchev–Trinajstić information content (AvgIpc) is 3.08. The van der Waals surface area contributed by atoms with Gasteiger partial charge < -0.3 is 15.5 Å². The molecule has 0 spiro atoms. The highest BCUT2D eigenvalue weighted by Crippen LogP contribution is 2.20. The smallest absolute Gasteiger partial charge is 0.243 e. The molecular formula is C19H27N3O2. The van der Waals surface area contributed by atoms with E-state index in [1.165, 1.54) is 0 Å². The summed E-state index contributed by atoms with van der Waals surface area (Å²) in [7, 11) is 0. The molecule has 3 rings (SSSR count). The van der Waals surface area contributed by atoms with Crippen LogP contribution in [0.3, 0.4) is 0 Å². The second kappa shape index (κ2) is 7.79. The second-order valence-electron chi connectivity index (χ2n) is 6.99. The van der Waals surface area contributed by atoms with Gasteiger partial charge in [0.1, 0.15) is 6.04 Å². The molecule has 1 aromatic carbocycles. The zero-order valence-corrected chi connectivity index (χ0v) is 14.3. The Hall–Kier alpha value is -1.88. The van der Waals surface area contributed by atoms with Crippen LogP contribution in [0.15, 0.2) is 30.3 Å². The number of carbonyl (C=O) groups is 2. The van der Waals surface area contributed by atoms with Crippen LogP contribution in [-0.4, -0.2) is 48.4 Å². The van der Waals surface area contributed by atoms with E-state index in [0.717, 1.165) is 37.9 Å². The molecule has 1 aromatic rings. The Morgan fingerprint density at radius 2 is 2.04 bits per heavy atom. The van der Waals surface area contributed by atoms with Gasteiger partial charge in [-0.1, -0.05) is 37.3 Å². The van der Waals surface area contributed by atoms with Crippen molar-refractivity contribution in [2.24, 2.45) is 5.92 Å². The maximum atomic E-state index is 12.7. The normalized spacial score (nSPS) is 27.0. The predicted octanol–water partition coefficient (Wildman–Crippen LogP) is 1.33. The summed E-state index contributed by atoms with van der Waals surface area (Å²) >= 11 is 0. The monoisotopic (exact) mass is 329 g/mol. The Kier molecular flexibility index (Phi) is 5.51. The highest BCUT2D eigenvalue weighted by Gasteiger charge is 2.35. The summed E-state index contributed by atoms with van der Waals surface area (Å²) < 4.78 is 0. The van der Waals surface area contributed by atoms with Crippen molar-refractivity contribution in [3.63, 3.8) is 0 Å². The number of hydrogen-bond acceptors (Lipinski definition) is 3. The molecule has 2 saturated heterocycles. The van der Waals surface area contributed by atoms with Crippen LogP contribution in [0.2, 0.25) is 0 Å². The predicted molar refractivity (Wildman–Crippen MR) is 93.5 cm³/mol. The first-order chi connectivity index (χ1) is 11.6. The second-order valence-corrected chi connectivity index (χ2v) is 6.99. The van der Waals surface area contributed by atoms with Crippen molar-refractivity contribution in [3.05, 3.63) is 35.9 Å². The van der Waals surface area contributed by atoms with Gasteiger partial charge in [0.25, 0.3) is 0 Å². The third-order valence-electron chi connectivity index (χ3n) is 5.19. The standard InChI is InChI=1S/C19H27N3O2/c1-14-13-20-10-9-16(14)21-19(24)17-8-5-11-22(17)18(23)12-15-6-3-2-4-7-15/h2-4,6-7,14,16-17,20H,5,8-13H2,1H3,(H,21,24). The fourth-order valence-corrected chi connectivity index (χ4v) is 3.72. The molecular weight excluding hydrogens is 302 g/mol. The number of hydrogen-bond donors (Lipinski definition) is 2. The molecule has 130 valence electrons. The van der Waals surface area contributed by atoms with Crippen molar-refractivity contribution >= 4 is 11.8 Å². The first-order valence-corrected chi connectivity index (χ1v) is 8.99. The number of likely N-dealkylation sites (tertiary alicyclic amines) is 1. The average molecular weight is 329 g/mol. The summed E-state index contributed by atoms with van der Waals surface area (Å²) in [4.78, 5) is 27.1. The van der Waals surface area contributed by atoms with Gasteiger partial charge in [-0.25, -0.2) is 0 Å². The molecule has 0 aliphatic carbocycles. The molecule has 2 fully saturated rings. The van der Waals surface area contributed by atoms with Crippen molar-refractivity contribution in [1.82, 2.24) is 15.5 Å². The molecule has 0 bridgehead atoms. The Morgan fingerprint density at radius 1 is 1.25 bits per heavy atom. The number of nitrogens with zero attached hydrogens (tertiary/aromatic N) is 1. The fourth-order valence-electron chi connectivity index (χ4n) is 3.72. The first kappa shape index (κ1) is 17.0. The largest absolute Gasteiger partial charge is 0.351 e. The molecule has 24 heavy (non-hydrogen) atoms. The molecule has 0 saturated carbocycles. The van der Waals surface area contributed by atoms with Crippen molar-refractivity contribution in [2.75, 3.05) is 19.6 Å². The zero-order valence-electron chi connectivity index (χ0n) is 14.3. The lowest BCUT2D eigenvalue weighted by atomic mass is 9.95. The summed E-state index contributed by atoms with van der Waals surface area (Å²) in [6, 6.07) is 9.65.